The Morgan fingerprint density at radius 1 is 1.05 bits per heavy atom. The van der Waals surface area contributed by atoms with Gasteiger partial charge in [0.05, 0.1) is 30.1 Å². The fraction of sp³-hybridized carbons (Fsp3) is 0.250. The number of amides is 3. The van der Waals surface area contributed by atoms with Crippen LogP contribution < -0.4 is 20.3 Å². The van der Waals surface area contributed by atoms with Gasteiger partial charge in [-0.1, -0.05) is 36.4 Å². The third kappa shape index (κ3) is 6.00. The number of ether oxygens (including phenoxy) is 1. The number of carbonyl (C=O) groups is 3. The van der Waals surface area contributed by atoms with Gasteiger partial charge in [0.2, 0.25) is 18.0 Å². The first-order chi connectivity index (χ1) is 17.9. The summed E-state index contributed by atoms with van der Waals surface area (Å²) < 4.78 is 5.42. The molecule has 0 aliphatic carbocycles. The highest BCUT2D eigenvalue weighted by Gasteiger charge is 2.32. The van der Waals surface area contributed by atoms with E-state index in [4.69, 9.17) is 4.74 Å². The van der Waals surface area contributed by atoms with E-state index in [0.29, 0.717) is 23.7 Å². The lowest BCUT2D eigenvalue weighted by Gasteiger charge is -2.22. The van der Waals surface area contributed by atoms with Crippen LogP contribution in [0, 0.1) is 0 Å². The van der Waals surface area contributed by atoms with Crippen molar-refractivity contribution >= 4 is 29.1 Å². The van der Waals surface area contributed by atoms with E-state index in [1.165, 1.54) is 4.90 Å². The van der Waals surface area contributed by atoms with Gasteiger partial charge >= 0.3 is 0 Å². The molecule has 2 atom stereocenters. The topological polar surface area (TPSA) is 113 Å². The first-order valence-electron chi connectivity index (χ1n) is 12.0. The standard InChI is InChI=1S/C28H29N5O4/c1-4-37-20-14-12-19(13-15-20)17-24(34)30-18(2)27(35)32-26-28(36)33(3)23-11-6-5-9-21(23)25(31-26)22-10-7-8-16-29-22/h5-16,18,26H,4,17H2,1-3H3,(H,30,34)(H,32,35)/t18-,26?/m0/s1. The summed E-state index contributed by atoms with van der Waals surface area (Å²) in [7, 11) is 1.64. The van der Waals surface area contributed by atoms with Gasteiger partial charge in [-0.2, -0.15) is 0 Å². The molecule has 0 bridgehead atoms. The highest BCUT2D eigenvalue weighted by molar-refractivity contribution is 6.19. The van der Waals surface area contributed by atoms with E-state index in [2.05, 4.69) is 20.6 Å². The number of fused-ring (bicyclic) bond motifs is 1. The summed E-state index contributed by atoms with van der Waals surface area (Å²) in [5.74, 6) is -0.520. The lowest BCUT2D eigenvalue weighted by Crippen LogP contribution is -2.52. The summed E-state index contributed by atoms with van der Waals surface area (Å²) >= 11 is 0. The fourth-order valence-corrected chi connectivity index (χ4v) is 4.00. The van der Waals surface area contributed by atoms with Crippen LogP contribution in [0.15, 0.2) is 77.9 Å². The van der Waals surface area contributed by atoms with Gasteiger partial charge in [0.25, 0.3) is 5.91 Å². The average Bonchev–Trinajstić information content (AvgIpc) is 3.01. The minimum atomic E-state index is -1.19. The molecule has 4 rings (SSSR count). The number of rotatable bonds is 8. The van der Waals surface area contributed by atoms with E-state index in [1.54, 1.807) is 56.6 Å². The second kappa shape index (κ2) is 11.5. The molecular weight excluding hydrogens is 470 g/mol. The Balaban J connectivity index is 1.48. The van der Waals surface area contributed by atoms with Crippen molar-refractivity contribution in [2.24, 2.45) is 4.99 Å². The van der Waals surface area contributed by atoms with Crippen LogP contribution in [-0.2, 0) is 20.8 Å². The van der Waals surface area contributed by atoms with E-state index in [9.17, 15) is 14.4 Å². The van der Waals surface area contributed by atoms with Crippen molar-refractivity contribution in [3.63, 3.8) is 0 Å². The number of hydrogen-bond acceptors (Lipinski definition) is 6. The molecule has 9 nitrogen and oxygen atoms in total. The van der Waals surface area contributed by atoms with Crippen LogP contribution in [0.1, 0.15) is 30.7 Å². The number of anilines is 1. The molecule has 9 heteroatoms. The van der Waals surface area contributed by atoms with Crippen LogP contribution in [0.3, 0.4) is 0 Å². The second-order valence-corrected chi connectivity index (χ2v) is 8.56. The van der Waals surface area contributed by atoms with Crippen molar-refractivity contribution in [2.75, 3.05) is 18.6 Å². The summed E-state index contributed by atoms with van der Waals surface area (Å²) in [6, 6.07) is 19.1. The molecule has 2 heterocycles. The van der Waals surface area contributed by atoms with E-state index in [-0.39, 0.29) is 12.3 Å². The molecular formula is C28H29N5O4. The minimum absolute atomic E-state index is 0.104. The number of para-hydroxylation sites is 1. The van der Waals surface area contributed by atoms with E-state index < -0.39 is 24.0 Å². The number of likely N-dealkylation sites (N-methyl/N-ethyl adjacent to an activating group) is 1. The molecule has 3 amide bonds. The number of benzodiazepines with no additional fused rings is 1. The maximum atomic E-state index is 13.3. The highest BCUT2D eigenvalue weighted by atomic mass is 16.5. The summed E-state index contributed by atoms with van der Waals surface area (Å²) in [6.07, 6.45) is 0.561. The molecule has 190 valence electrons. The summed E-state index contributed by atoms with van der Waals surface area (Å²) in [4.78, 5) is 49.3. The Kier molecular flexibility index (Phi) is 7.92. The molecule has 0 saturated heterocycles. The largest absolute Gasteiger partial charge is 0.494 e. The van der Waals surface area contributed by atoms with Gasteiger partial charge < -0.3 is 20.3 Å². The zero-order valence-corrected chi connectivity index (χ0v) is 21.0. The number of benzene rings is 2. The van der Waals surface area contributed by atoms with Gasteiger partial charge in [0.1, 0.15) is 11.8 Å². The molecule has 1 aliphatic heterocycles. The van der Waals surface area contributed by atoms with Gasteiger partial charge in [-0.25, -0.2) is 4.99 Å². The number of aliphatic imine (C=N–C) groups is 1. The van der Waals surface area contributed by atoms with Crippen molar-refractivity contribution in [3.8, 4) is 5.75 Å². The Bertz CT molecular complexity index is 1310. The predicted octanol–water partition coefficient (Wildman–Crippen LogP) is 2.48. The number of pyridine rings is 1. The normalized spacial score (nSPS) is 15.6. The number of hydrogen-bond donors (Lipinski definition) is 2. The Morgan fingerprint density at radius 3 is 2.49 bits per heavy atom. The van der Waals surface area contributed by atoms with Crippen molar-refractivity contribution in [1.29, 1.82) is 0 Å². The third-order valence-electron chi connectivity index (χ3n) is 5.90. The van der Waals surface area contributed by atoms with Gasteiger partial charge in [-0.3, -0.25) is 19.4 Å². The SMILES string of the molecule is CCOc1ccc(CC(=O)N[C@@H](C)C(=O)NC2N=C(c3ccccn3)c3ccccc3N(C)C2=O)cc1. The Labute approximate surface area is 215 Å². The fourth-order valence-electron chi connectivity index (χ4n) is 4.00. The van der Waals surface area contributed by atoms with Crippen molar-refractivity contribution in [3.05, 3.63) is 89.7 Å². The number of nitrogens with zero attached hydrogens (tertiary/aromatic N) is 3. The van der Waals surface area contributed by atoms with Crippen LogP contribution in [0.4, 0.5) is 5.69 Å². The van der Waals surface area contributed by atoms with Crippen LogP contribution in [-0.4, -0.2) is 54.3 Å². The molecule has 0 radical (unpaired) electrons. The summed E-state index contributed by atoms with van der Waals surface area (Å²) in [5.41, 5.74) is 3.24. The number of nitrogens with one attached hydrogen (secondary N) is 2. The molecule has 3 aromatic rings. The minimum Gasteiger partial charge on any atom is -0.494 e. The van der Waals surface area contributed by atoms with E-state index in [0.717, 1.165) is 16.9 Å². The van der Waals surface area contributed by atoms with Crippen LogP contribution in [0.5, 0.6) is 5.75 Å². The zero-order valence-electron chi connectivity index (χ0n) is 21.0. The lowest BCUT2D eigenvalue weighted by molar-refractivity contribution is -0.130. The maximum absolute atomic E-state index is 13.3. The molecule has 0 fully saturated rings. The lowest BCUT2D eigenvalue weighted by atomic mass is 10.0. The molecule has 2 aromatic carbocycles. The average molecular weight is 500 g/mol. The maximum Gasteiger partial charge on any atom is 0.272 e. The van der Waals surface area contributed by atoms with E-state index in [1.807, 2.05) is 37.3 Å². The van der Waals surface area contributed by atoms with Gasteiger partial charge in [0, 0.05) is 18.8 Å². The Hall–Kier alpha value is -4.53. The van der Waals surface area contributed by atoms with Crippen molar-refractivity contribution in [2.45, 2.75) is 32.5 Å². The predicted molar refractivity (Wildman–Crippen MR) is 141 cm³/mol. The molecule has 1 aromatic heterocycles. The number of aromatic nitrogens is 1. The molecule has 2 N–H and O–H groups in total. The zero-order chi connectivity index (χ0) is 26.4. The van der Waals surface area contributed by atoms with Crippen molar-refractivity contribution in [1.82, 2.24) is 15.6 Å². The summed E-state index contributed by atoms with van der Waals surface area (Å²) in [5, 5.41) is 5.38. The molecule has 37 heavy (non-hydrogen) atoms. The number of carbonyl (C=O) groups excluding carboxylic acids is 3. The van der Waals surface area contributed by atoms with Gasteiger partial charge in [-0.05, 0) is 49.7 Å². The highest BCUT2D eigenvalue weighted by Crippen LogP contribution is 2.26. The molecule has 0 saturated carbocycles. The molecule has 1 unspecified atom stereocenters. The quantitative estimate of drug-likeness (QED) is 0.495. The van der Waals surface area contributed by atoms with Crippen molar-refractivity contribution < 1.29 is 19.1 Å². The smallest absolute Gasteiger partial charge is 0.272 e. The third-order valence-corrected chi connectivity index (χ3v) is 5.90. The van der Waals surface area contributed by atoms with Crippen LogP contribution in [0.25, 0.3) is 0 Å². The molecule has 0 spiro atoms. The van der Waals surface area contributed by atoms with E-state index >= 15 is 0 Å². The van der Waals surface area contributed by atoms with Crippen LogP contribution >= 0.6 is 0 Å². The first-order valence-corrected chi connectivity index (χ1v) is 12.0. The van der Waals surface area contributed by atoms with Crippen LogP contribution in [0.2, 0.25) is 0 Å². The Morgan fingerprint density at radius 2 is 1.78 bits per heavy atom. The summed E-state index contributed by atoms with van der Waals surface area (Å²) in [6.45, 7) is 4.03. The molecule has 1 aliphatic rings. The van der Waals surface area contributed by atoms with Gasteiger partial charge in [0.15, 0.2) is 0 Å². The first kappa shape index (κ1) is 25.6. The monoisotopic (exact) mass is 499 g/mol. The second-order valence-electron chi connectivity index (χ2n) is 8.56. The van der Waals surface area contributed by atoms with Gasteiger partial charge in [-0.15, -0.1) is 0 Å².